The lowest BCUT2D eigenvalue weighted by Crippen LogP contribution is -2.26. The van der Waals surface area contributed by atoms with Crippen molar-refractivity contribution in [2.45, 2.75) is 6.54 Å². The Labute approximate surface area is 139 Å². The van der Waals surface area contributed by atoms with Crippen LogP contribution >= 0.6 is 0 Å². The summed E-state index contributed by atoms with van der Waals surface area (Å²) in [7, 11) is 0. The third kappa shape index (κ3) is 2.65. The molecule has 4 rings (SSSR count). The van der Waals surface area contributed by atoms with Crippen LogP contribution in [0.5, 0.6) is 11.5 Å². The van der Waals surface area contributed by atoms with Gasteiger partial charge in [0.1, 0.15) is 0 Å². The van der Waals surface area contributed by atoms with Crippen LogP contribution in [-0.2, 0) is 16.1 Å². The van der Waals surface area contributed by atoms with Crippen LogP contribution in [0, 0.1) is 0 Å². The highest BCUT2D eigenvalue weighted by atomic mass is 16.7. The molecule has 2 heterocycles. The summed E-state index contributed by atoms with van der Waals surface area (Å²) in [6.45, 7) is 0.961. The quantitative estimate of drug-likeness (QED) is 0.643. The minimum Gasteiger partial charge on any atom is -0.454 e. The molecule has 2 aliphatic heterocycles. The number of carbonyl (C=O) groups excluding carboxylic acids is 2. The molecule has 0 saturated carbocycles. The molecule has 0 atom stereocenters. The average molecular weight is 321 g/mol. The van der Waals surface area contributed by atoms with Gasteiger partial charge in [-0.25, -0.2) is 0 Å². The highest BCUT2D eigenvalue weighted by molar-refractivity contribution is 6.45. The van der Waals surface area contributed by atoms with E-state index in [0.717, 1.165) is 11.1 Å². The number of Topliss-reactive ketones (excluding diaryl/α,β-unsaturated/α-hetero) is 1. The largest absolute Gasteiger partial charge is 0.454 e. The summed E-state index contributed by atoms with van der Waals surface area (Å²) in [5, 5.41) is 0. The van der Waals surface area contributed by atoms with Crippen LogP contribution in [0.15, 0.2) is 54.1 Å². The second-order valence-corrected chi connectivity index (χ2v) is 5.76. The lowest BCUT2D eigenvalue weighted by Gasteiger charge is -2.13. The number of carbonyl (C=O) groups is 2. The normalized spacial score (nSPS) is 17.8. The standard InChI is InChI=1S/C19H15NO4/c21-18-15(8-14-6-7-16-17(9-14)24-12-23-16)11-20(19(18)22)10-13-4-2-1-3-5-13/h1-9H,10-12H2/b15-8+. The molecule has 0 bridgehead atoms. The Morgan fingerprint density at radius 1 is 1.00 bits per heavy atom. The number of hydrogen-bond donors (Lipinski definition) is 0. The maximum Gasteiger partial charge on any atom is 0.295 e. The number of fused-ring (bicyclic) bond motifs is 1. The van der Waals surface area contributed by atoms with Gasteiger partial charge in [0.25, 0.3) is 5.91 Å². The summed E-state index contributed by atoms with van der Waals surface area (Å²) in [5.41, 5.74) is 2.31. The molecule has 0 radical (unpaired) electrons. The van der Waals surface area contributed by atoms with Gasteiger partial charge in [0.2, 0.25) is 12.6 Å². The molecule has 0 aromatic heterocycles. The smallest absolute Gasteiger partial charge is 0.295 e. The molecule has 1 amide bonds. The number of nitrogens with zero attached hydrogens (tertiary/aromatic N) is 1. The van der Waals surface area contributed by atoms with Crippen LogP contribution in [0.3, 0.4) is 0 Å². The molecule has 0 unspecified atom stereocenters. The van der Waals surface area contributed by atoms with Crippen LogP contribution in [0.25, 0.3) is 6.08 Å². The summed E-state index contributed by atoms with van der Waals surface area (Å²) in [4.78, 5) is 26.0. The van der Waals surface area contributed by atoms with Crippen LogP contribution in [0.4, 0.5) is 0 Å². The van der Waals surface area contributed by atoms with Gasteiger partial charge in [-0.05, 0) is 29.3 Å². The number of hydrogen-bond acceptors (Lipinski definition) is 4. The topological polar surface area (TPSA) is 55.8 Å². The molecule has 0 aliphatic carbocycles. The fourth-order valence-electron chi connectivity index (χ4n) is 2.88. The minimum atomic E-state index is -0.453. The molecule has 2 aliphatic rings. The van der Waals surface area contributed by atoms with Gasteiger partial charge in [0, 0.05) is 12.1 Å². The molecule has 2 aromatic carbocycles. The first-order valence-corrected chi connectivity index (χ1v) is 7.68. The van der Waals surface area contributed by atoms with E-state index >= 15 is 0 Å². The highest BCUT2D eigenvalue weighted by Crippen LogP contribution is 2.33. The molecule has 0 N–H and O–H groups in total. The third-order valence-corrected chi connectivity index (χ3v) is 4.09. The van der Waals surface area contributed by atoms with E-state index in [1.807, 2.05) is 42.5 Å². The summed E-state index contributed by atoms with van der Waals surface area (Å²) >= 11 is 0. The maximum atomic E-state index is 12.2. The summed E-state index contributed by atoms with van der Waals surface area (Å²) in [5.74, 6) is 0.452. The maximum absolute atomic E-state index is 12.2. The molecule has 120 valence electrons. The van der Waals surface area contributed by atoms with Crippen LogP contribution in [0.2, 0.25) is 0 Å². The van der Waals surface area contributed by atoms with Crippen molar-refractivity contribution in [2.75, 3.05) is 13.3 Å². The first-order valence-electron chi connectivity index (χ1n) is 7.68. The fraction of sp³-hybridized carbons (Fsp3) is 0.158. The first-order chi connectivity index (χ1) is 11.7. The van der Waals surface area contributed by atoms with Gasteiger partial charge in [-0.2, -0.15) is 0 Å². The van der Waals surface area contributed by atoms with Gasteiger partial charge < -0.3 is 14.4 Å². The Morgan fingerprint density at radius 3 is 2.62 bits per heavy atom. The van der Waals surface area contributed by atoms with Crippen LogP contribution in [-0.4, -0.2) is 29.9 Å². The molecule has 1 fully saturated rings. The third-order valence-electron chi connectivity index (χ3n) is 4.09. The molecule has 5 heteroatoms. The SMILES string of the molecule is O=C1C(=O)N(Cc2ccccc2)C/C1=C\c1ccc2c(c1)OCO2. The summed E-state index contributed by atoms with van der Waals surface area (Å²) in [6.07, 6.45) is 1.74. The Bertz CT molecular complexity index is 842. The number of likely N-dealkylation sites (tertiary alicyclic amines) is 1. The fourth-order valence-corrected chi connectivity index (χ4v) is 2.88. The van der Waals surface area contributed by atoms with Crippen molar-refractivity contribution in [3.63, 3.8) is 0 Å². The first kappa shape index (κ1) is 14.5. The second kappa shape index (κ2) is 5.85. The lowest BCUT2D eigenvalue weighted by molar-refractivity contribution is -0.139. The number of rotatable bonds is 3. The average Bonchev–Trinajstić information content (AvgIpc) is 3.16. The van der Waals surface area contributed by atoms with E-state index in [1.54, 1.807) is 17.0 Å². The van der Waals surface area contributed by atoms with E-state index < -0.39 is 11.7 Å². The number of ether oxygens (including phenoxy) is 2. The van der Waals surface area contributed by atoms with Gasteiger partial charge in [0.05, 0.1) is 6.54 Å². The zero-order chi connectivity index (χ0) is 16.5. The van der Waals surface area contributed by atoms with Crippen molar-refractivity contribution in [2.24, 2.45) is 0 Å². The molecule has 24 heavy (non-hydrogen) atoms. The van der Waals surface area contributed by atoms with E-state index in [9.17, 15) is 9.59 Å². The van der Waals surface area contributed by atoms with Gasteiger partial charge in [0.15, 0.2) is 11.5 Å². The van der Waals surface area contributed by atoms with Crippen LogP contribution in [0.1, 0.15) is 11.1 Å². The highest BCUT2D eigenvalue weighted by Gasteiger charge is 2.33. The predicted molar refractivity (Wildman–Crippen MR) is 87.4 cm³/mol. The zero-order valence-corrected chi connectivity index (χ0v) is 12.9. The van der Waals surface area contributed by atoms with Crippen molar-refractivity contribution in [3.8, 4) is 11.5 Å². The molecule has 2 aromatic rings. The van der Waals surface area contributed by atoms with Gasteiger partial charge in [-0.3, -0.25) is 9.59 Å². The Morgan fingerprint density at radius 2 is 1.79 bits per heavy atom. The van der Waals surface area contributed by atoms with E-state index in [-0.39, 0.29) is 6.79 Å². The zero-order valence-electron chi connectivity index (χ0n) is 12.9. The van der Waals surface area contributed by atoms with Gasteiger partial charge in [-0.1, -0.05) is 36.4 Å². The number of ketones is 1. The Hall–Kier alpha value is -3.08. The van der Waals surface area contributed by atoms with Crippen LogP contribution < -0.4 is 9.47 Å². The van der Waals surface area contributed by atoms with E-state index in [2.05, 4.69) is 0 Å². The van der Waals surface area contributed by atoms with E-state index in [4.69, 9.17) is 9.47 Å². The van der Waals surface area contributed by atoms with Crippen molar-refractivity contribution in [1.82, 2.24) is 4.90 Å². The number of benzene rings is 2. The van der Waals surface area contributed by atoms with E-state index in [0.29, 0.717) is 30.2 Å². The van der Waals surface area contributed by atoms with Crippen molar-refractivity contribution >= 4 is 17.8 Å². The summed E-state index contributed by atoms with van der Waals surface area (Å²) < 4.78 is 10.6. The minimum absolute atomic E-state index is 0.206. The van der Waals surface area contributed by atoms with Crippen molar-refractivity contribution in [3.05, 3.63) is 65.2 Å². The monoisotopic (exact) mass is 321 g/mol. The van der Waals surface area contributed by atoms with Gasteiger partial charge in [-0.15, -0.1) is 0 Å². The lowest BCUT2D eigenvalue weighted by atomic mass is 10.1. The van der Waals surface area contributed by atoms with E-state index in [1.165, 1.54) is 0 Å². The second-order valence-electron chi connectivity index (χ2n) is 5.76. The molecular weight excluding hydrogens is 306 g/mol. The van der Waals surface area contributed by atoms with Gasteiger partial charge >= 0.3 is 0 Å². The molecular formula is C19H15NO4. The van der Waals surface area contributed by atoms with Crippen molar-refractivity contribution in [1.29, 1.82) is 0 Å². The molecule has 1 saturated heterocycles. The molecule has 0 spiro atoms. The molecule has 5 nitrogen and oxygen atoms in total. The predicted octanol–water partition coefficient (Wildman–Crippen LogP) is 2.41. The number of amides is 1. The Balaban J connectivity index is 1.56. The van der Waals surface area contributed by atoms with Crippen molar-refractivity contribution < 1.29 is 19.1 Å². The Kier molecular flexibility index (Phi) is 3.54. The summed E-state index contributed by atoms with van der Waals surface area (Å²) in [6, 6.07) is 15.1.